The second-order valence-corrected chi connectivity index (χ2v) is 1.98. The van der Waals surface area contributed by atoms with Gasteiger partial charge in [-0.1, -0.05) is 30.3 Å². The lowest BCUT2D eigenvalue weighted by atomic mass is 10.2. The quantitative estimate of drug-likeness (QED) is 0.573. The standard InChI is InChI=1S/C8H9NO/c9-8(10)6-7-4-2-1-3-5-7/h1-6,10H,9H2. The molecule has 0 spiro atoms. The summed E-state index contributed by atoms with van der Waals surface area (Å²) in [7, 11) is 0. The molecule has 2 heteroatoms. The summed E-state index contributed by atoms with van der Waals surface area (Å²) in [5.41, 5.74) is 5.95. The summed E-state index contributed by atoms with van der Waals surface area (Å²) in [5.74, 6) is -0.161. The van der Waals surface area contributed by atoms with Gasteiger partial charge in [0.2, 0.25) is 0 Å². The number of aliphatic hydroxyl groups is 1. The number of benzene rings is 1. The fourth-order valence-electron chi connectivity index (χ4n) is 0.720. The normalized spacial score (nSPS) is 11.4. The highest BCUT2D eigenvalue weighted by atomic mass is 16.3. The van der Waals surface area contributed by atoms with Crippen LogP contribution in [-0.4, -0.2) is 5.11 Å². The van der Waals surface area contributed by atoms with Gasteiger partial charge < -0.3 is 10.8 Å². The van der Waals surface area contributed by atoms with Gasteiger partial charge >= 0.3 is 0 Å². The molecule has 0 aliphatic carbocycles. The van der Waals surface area contributed by atoms with Crippen LogP contribution in [0.25, 0.3) is 6.08 Å². The van der Waals surface area contributed by atoms with Gasteiger partial charge in [-0.05, 0) is 5.56 Å². The summed E-state index contributed by atoms with van der Waals surface area (Å²) < 4.78 is 0. The van der Waals surface area contributed by atoms with Crippen LogP contribution in [0.1, 0.15) is 5.56 Å². The number of rotatable bonds is 1. The summed E-state index contributed by atoms with van der Waals surface area (Å²) in [5, 5.41) is 8.64. The van der Waals surface area contributed by atoms with E-state index in [0.717, 1.165) is 5.56 Å². The Morgan fingerprint density at radius 1 is 1.30 bits per heavy atom. The first-order valence-electron chi connectivity index (χ1n) is 3.00. The predicted molar refractivity (Wildman–Crippen MR) is 41.2 cm³/mol. The Labute approximate surface area is 59.6 Å². The Morgan fingerprint density at radius 3 is 2.40 bits per heavy atom. The van der Waals surface area contributed by atoms with E-state index in [0.29, 0.717) is 0 Å². The fourth-order valence-corrected chi connectivity index (χ4v) is 0.720. The molecule has 52 valence electrons. The minimum absolute atomic E-state index is 0.161. The molecule has 3 N–H and O–H groups in total. The third-order valence-corrected chi connectivity index (χ3v) is 1.11. The van der Waals surface area contributed by atoms with E-state index in [1.165, 1.54) is 6.08 Å². The van der Waals surface area contributed by atoms with Crippen LogP contribution in [0.2, 0.25) is 0 Å². The van der Waals surface area contributed by atoms with E-state index in [2.05, 4.69) is 0 Å². The zero-order valence-corrected chi connectivity index (χ0v) is 5.49. The van der Waals surface area contributed by atoms with Crippen molar-refractivity contribution in [1.29, 1.82) is 0 Å². The SMILES string of the molecule is NC(O)=Cc1ccccc1. The van der Waals surface area contributed by atoms with Gasteiger partial charge in [0.15, 0.2) is 5.88 Å². The first-order valence-corrected chi connectivity index (χ1v) is 3.00. The highest BCUT2D eigenvalue weighted by Crippen LogP contribution is 2.00. The lowest BCUT2D eigenvalue weighted by Crippen LogP contribution is -1.92. The fraction of sp³-hybridized carbons (Fsp3) is 0. The van der Waals surface area contributed by atoms with Crippen molar-refractivity contribution in [1.82, 2.24) is 0 Å². The number of nitrogens with two attached hydrogens (primary N) is 1. The molecule has 2 nitrogen and oxygen atoms in total. The van der Waals surface area contributed by atoms with Crippen molar-refractivity contribution < 1.29 is 5.11 Å². The highest BCUT2D eigenvalue weighted by Gasteiger charge is 1.84. The average Bonchev–Trinajstić information content (AvgIpc) is 1.88. The second kappa shape index (κ2) is 2.92. The van der Waals surface area contributed by atoms with Gasteiger partial charge in [-0.3, -0.25) is 0 Å². The summed E-state index contributed by atoms with van der Waals surface area (Å²) in [6, 6.07) is 9.40. The van der Waals surface area contributed by atoms with Crippen LogP contribution in [0, 0.1) is 0 Å². The largest absolute Gasteiger partial charge is 0.495 e. The van der Waals surface area contributed by atoms with Crippen LogP contribution in [0.15, 0.2) is 36.2 Å². The zero-order valence-electron chi connectivity index (χ0n) is 5.49. The van der Waals surface area contributed by atoms with E-state index >= 15 is 0 Å². The van der Waals surface area contributed by atoms with Crippen LogP contribution in [0.3, 0.4) is 0 Å². The van der Waals surface area contributed by atoms with Gasteiger partial charge in [-0.15, -0.1) is 0 Å². The molecule has 1 aromatic carbocycles. The third-order valence-electron chi connectivity index (χ3n) is 1.11. The molecule has 0 atom stereocenters. The maximum absolute atomic E-state index is 8.64. The van der Waals surface area contributed by atoms with E-state index in [1.54, 1.807) is 0 Å². The molecule has 0 saturated heterocycles. The topological polar surface area (TPSA) is 46.2 Å². The van der Waals surface area contributed by atoms with E-state index in [4.69, 9.17) is 10.8 Å². The van der Waals surface area contributed by atoms with Crippen LogP contribution >= 0.6 is 0 Å². The number of aliphatic hydroxyl groups excluding tert-OH is 1. The highest BCUT2D eigenvalue weighted by molar-refractivity contribution is 5.49. The molecule has 0 aliphatic rings. The predicted octanol–water partition coefficient (Wildman–Crippen LogP) is 1.50. The van der Waals surface area contributed by atoms with Crippen molar-refractivity contribution in [3.8, 4) is 0 Å². The van der Waals surface area contributed by atoms with Crippen molar-refractivity contribution in [2.75, 3.05) is 0 Å². The molecule has 1 aromatic rings. The third kappa shape index (κ3) is 1.82. The first kappa shape index (κ1) is 6.68. The van der Waals surface area contributed by atoms with E-state index in [1.807, 2.05) is 30.3 Å². The summed E-state index contributed by atoms with van der Waals surface area (Å²) in [6.45, 7) is 0. The van der Waals surface area contributed by atoms with Crippen molar-refractivity contribution in [3.05, 3.63) is 41.8 Å². The Balaban J connectivity index is 2.87. The Morgan fingerprint density at radius 2 is 1.90 bits per heavy atom. The molecule has 0 saturated carbocycles. The van der Waals surface area contributed by atoms with Gasteiger partial charge in [0, 0.05) is 6.08 Å². The molecule has 1 rings (SSSR count). The van der Waals surface area contributed by atoms with Crippen LogP contribution in [-0.2, 0) is 0 Å². The average molecular weight is 135 g/mol. The van der Waals surface area contributed by atoms with Crippen molar-refractivity contribution >= 4 is 6.08 Å². The minimum atomic E-state index is -0.161. The Bertz CT molecular complexity index is 224. The summed E-state index contributed by atoms with van der Waals surface area (Å²) >= 11 is 0. The van der Waals surface area contributed by atoms with Gasteiger partial charge in [-0.2, -0.15) is 0 Å². The van der Waals surface area contributed by atoms with Crippen molar-refractivity contribution in [2.24, 2.45) is 5.73 Å². The van der Waals surface area contributed by atoms with E-state index < -0.39 is 0 Å². The van der Waals surface area contributed by atoms with E-state index in [-0.39, 0.29) is 5.88 Å². The molecule has 0 aromatic heterocycles. The lowest BCUT2D eigenvalue weighted by Gasteiger charge is -1.90. The monoisotopic (exact) mass is 135 g/mol. The first-order chi connectivity index (χ1) is 4.79. The van der Waals surface area contributed by atoms with Crippen LogP contribution < -0.4 is 5.73 Å². The molecular weight excluding hydrogens is 126 g/mol. The Hall–Kier alpha value is -1.44. The molecule has 0 heterocycles. The zero-order chi connectivity index (χ0) is 7.40. The van der Waals surface area contributed by atoms with Gasteiger partial charge in [-0.25, -0.2) is 0 Å². The molecule has 0 fully saturated rings. The van der Waals surface area contributed by atoms with Crippen LogP contribution in [0.4, 0.5) is 0 Å². The summed E-state index contributed by atoms with van der Waals surface area (Å²) in [6.07, 6.45) is 1.50. The van der Waals surface area contributed by atoms with Crippen molar-refractivity contribution in [2.45, 2.75) is 0 Å². The molecule has 10 heavy (non-hydrogen) atoms. The number of hydrogen-bond donors (Lipinski definition) is 2. The molecule has 0 aliphatic heterocycles. The van der Waals surface area contributed by atoms with Gasteiger partial charge in [0.05, 0.1) is 0 Å². The second-order valence-electron chi connectivity index (χ2n) is 1.98. The maximum Gasteiger partial charge on any atom is 0.182 e. The minimum Gasteiger partial charge on any atom is -0.495 e. The molecule has 0 unspecified atom stereocenters. The molecule has 0 radical (unpaired) electrons. The molecular formula is C8H9NO. The maximum atomic E-state index is 8.64. The summed E-state index contributed by atoms with van der Waals surface area (Å²) in [4.78, 5) is 0. The van der Waals surface area contributed by atoms with E-state index in [9.17, 15) is 0 Å². The van der Waals surface area contributed by atoms with Gasteiger partial charge in [0.1, 0.15) is 0 Å². The molecule has 0 amide bonds. The van der Waals surface area contributed by atoms with Crippen molar-refractivity contribution in [3.63, 3.8) is 0 Å². The van der Waals surface area contributed by atoms with Gasteiger partial charge in [0.25, 0.3) is 0 Å². The Kier molecular flexibility index (Phi) is 1.95. The molecule has 0 bridgehead atoms. The number of hydrogen-bond acceptors (Lipinski definition) is 2. The smallest absolute Gasteiger partial charge is 0.182 e. The van der Waals surface area contributed by atoms with Crippen LogP contribution in [0.5, 0.6) is 0 Å². The lowest BCUT2D eigenvalue weighted by molar-refractivity contribution is 0.411.